The molecule has 0 N–H and O–H groups in total. The molecule has 0 unspecified atom stereocenters. The van der Waals surface area contributed by atoms with E-state index < -0.39 is 8.07 Å². The smallest absolute Gasteiger partial charge is 0.0798 e. The number of pyridine rings is 3. The Morgan fingerprint density at radius 3 is 2.16 bits per heavy atom. The van der Waals surface area contributed by atoms with Gasteiger partial charge in [0.1, 0.15) is 0 Å². The van der Waals surface area contributed by atoms with Crippen LogP contribution in [-0.4, -0.2) is 23.0 Å². The van der Waals surface area contributed by atoms with E-state index in [4.69, 9.17) is 4.98 Å². The average Bonchev–Trinajstić information content (AvgIpc) is 3.06. The Hall–Kier alpha value is -3.24. The fourth-order valence-corrected chi connectivity index (χ4v) is 7.62. The van der Waals surface area contributed by atoms with Gasteiger partial charge in [0.15, 0.2) is 0 Å². The molecule has 0 spiro atoms. The van der Waals surface area contributed by atoms with Crippen molar-refractivity contribution >= 4 is 13.3 Å². The second-order valence-electron chi connectivity index (χ2n) is 13.3. The predicted octanol–water partition coefficient (Wildman–Crippen LogP) is 9.95. The normalized spacial score (nSPS) is 13.5. The zero-order valence-corrected chi connectivity index (χ0v) is 30.7. The fourth-order valence-electron chi connectivity index (χ4n) is 6.03. The molecule has 3 nitrogen and oxygen atoms in total. The molecule has 1 saturated carbocycles. The summed E-state index contributed by atoms with van der Waals surface area (Å²) in [5.41, 5.74) is 9.30. The minimum atomic E-state index is -1.37. The standard InChI is InChI=1S/C20H27N2Si.C20H18N.Ir/c1-23(2,3)20-15-22-19(17-10-7-11-21-14-17)13-18(20)12-16-8-5-4-6-9-16;1-15(2)16-8-10-17(11-9-16)19-12-13-21-20(14-19)18-6-4-3-5-7-18;/h7,10-11,13,15-16H,4-6,8-9,12H2,1-3H3;3-6,8-15H,1-2H3;/q2*-1;. The third-order valence-corrected chi connectivity index (χ3v) is 10.6. The second kappa shape index (κ2) is 16.4. The van der Waals surface area contributed by atoms with Crippen molar-refractivity contribution in [3.8, 4) is 33.6 Å². The first-order valence-electron chi connectivity index (χ1n) is 16.1. The Bertz CT molecular complexity index is 1610. The molecule has 0 aliphatic heterocycles. The van der Waals surface area contributed by atoms with Crippen molar-refractivity contribution in [3.63, 3.8) is 0 Å². The van der Waals surface area contributed by atoms with Crippen LogP contribution >= 0.6 is 0 Å². The van der Waals surface area contributed by atoms with Gasteiger partial charge in [-0.3, -0.25) is 0 Å². The maximum atomic E-state index is 4.73. The van der Waals surface area contributed by atoms with Crippen LogP contribution in [0, 0.1) is 18.2 Å². The molecular weight excluding hydrogens is 743 g/mol. The first kappa shape index (κ1) is 34.6. The van der Waals surface area contributed by atoms with Crippen LogP contribution in [0.2, 0.25) is 19.6 Å². The van der Waals surface area contributed by atoms with Crippen molar-refractivity contribution in [1.29, 1.82) is 0 Å². The van der Waals surface area contributed by atoms with E-state index in [1.807, 2.05) is 42.6 Å². The van der Waals surface area contributed by atoms with Crippen molar-refractivity contribution in [2.24, 2.45) is 5.92 Å². The zero-order valence-electron chi connectivity index (χ0n) is 27.3. The van der Waals surface area contributed by atoms with Gasteiger partial charge in [0, 0.05) is 32.5 Å². The van der Waals surface area contributed by atoms with Gasteiger partial charge >= 0.3 is 0 Å². The minimum absolute atomic E-state index is 0. The third-order valence-electron chi connectivity index (χ3n) is 8.57. The van der Waals surface area contributed by atoms with Crippen LogP contribution in [0.5, 0.6) is 0 Å². The molecule has 6 rings (SSSR count). The van der Waals surface area contributed by atoms with Gasteiger partial charge in [-0.1, -0.05) is 114 Å². The molecule has 0 bridgehead atoms. The molecule has 2 aromatic carbocycles. The molecule has 0 atom stereocenters. The van der Waals surface area contributed by atoms with Gasteiger partial charge in [-0.15, -0.1) is 53.6 Å². The summed E-state index contributed by atoms with van der Waals surface area (Å²) in [5, 5.41) is 1.52. The molecule has 1 radical (unpaired) electrons. The van der Waals surface area contributed by atoms with Crippen LogP contribution < -0.4 is 5.19 Å². The van der Waals surface area contributed by atoms with Crippen LogP contribution in [0.1, 0.15) is 63.0 Å². The number of benzene rings is 2. The SMILES string of the molecule is CC(C)c1ccc(-c2ccnc(-c3[c-]cccc3)c2)cc1.C[Si](C)(C)c1cnc(-c2[c-]nccc2)cc1CC1CCCCC1.[Ir]. The van der Waals surface area contributed by atoms with Crippen molar-refractivity contribution in [2.75, 3.05) is 0 Å². The van der Waals surface area contributed by atoms with Crippen LogP contribution in [0.3, 0.4) is 0 Å². The van der Waals surface area contributed by atoms with Crippen molar-refractivity contribution in [2.45, 2.75) is 77.9 Å². The monoisotopic (exact) mass is 788 g/mol. The predicted molar refractivity (Wildman–Crippen MR) is 188 cm³/mol. The minimum Gasteiger partial charge on any atom is -0.360 e. The Kier molecular flexibility index (Phi) is 12.6. The van der Waals surface area contributed by atoms with Crippen molar-refractivity contribution < 1.29 is 20.1 Å². The zero-order chi connectivity index (χ0) is 30.9. The van der Waals surface area contributed by atoms with Gasteiger partial charge in [0.25, 0.3) is 0 Å². The maximum Gasteiger partial charge on any atom is 0.0798 e. The summed E-state index contributed by atoms with van der Waals surface area (Å²) < 4.78 is 0. The molecule has 1 aliphatic carbocycles. The Morgan fingerprint density at radius 2 is 1.51 bits per heavy atom. The molecule has 235 valence electrons. The van der Waals surface area contributed by atoms with E-state index in [2.05, 4.69) is 104 Å². The van der Waals surface area contributed by atoms with E-state index in [0.29, 0.717) is 5.92 Å². The van der Waals surface area contributed by atoms with Gasteiger partial charge in [-0.2, -0.15) is 0 Å². The summed E-state index contributed by atoms with van der Waals surface area (Å²) in [6.07, 6.45) is 17.1. The molecule has 1 fully saturated rings. The Morgan fingerprint density at radius 1 is 0.778 bits per heavy atom. The van der Waals surface area contributed by atoms with Gasteiger partial charge in [-0.05, 0) is 63.8 Å². The first-order chi connectivity index (χ1) is 21.3. The summed E-state index contributed by atoms with van der Waals surface area (Å²) in [4.78, 5) is 13.3. The van der Waals surface area contributed by atoms with Crippen LogP contribution in [0.25, 0.3) is 33.6 Å². The van der Waals surface area contributed by atoms with E-state index in [-0.39, 0.29) is 20.1 Å². The topological polar surface area (TPSA) is 38.7 Å². The van der Waals surface area contributed by atoms with E-state index in [1.165, 1.54) is 66.0 Å². The van der Waals surface area contributed by atoms with E-state index in [1.54, 1.807) is 6.20 Å². The summed E-state index contributed by atoms with van der Waals surface area (Å²) in [7, 11) is -1.37. The van der Waals surface area contributed by atoms with Crippen LogP contribution in [0.4, 0.5) is 0 Å². The van der Waals surface area contributed by atoms with Gasteiger partial charge < -0.3 is 15.0 Å². The first-order valence-corrected chi connectivity index (χ1v) is 19.6. The van der Waals surface area contributed by atoms with Crippen molar-refractivity contribution in [1.82, 2.24) is 15.0 Å². The molecule has 0 amide bonds. The number of aromatic nitrogens is 3. The molecule has 1 aliphatic rings. The largest absolute Gasteiger partial charge is 0.360 e. The summed E-state index contributed by atoms with van der Waals surface area (Å²) in [5.74, 6) is 1.41. The van der Waals surface area contributed by atoms with E-state index in [0.717, 1.165) is 28.4 Å². The number of rotatable bonds is 7. The average molecular weight is 788 g/mol. The summed E-state index contributed by atoms with van der Waals surface area (Å²) in [6.45, 7) is 11.7. The molecular formula is C40H45IrN3Si-2. The molecule has 3 aromatic heterocycles. The number of hydrogen-bond donors (Lipinski definition) is 0. The van der Waals surface area contributed by atoms with Crippen LogP contribution in [-0.2, 0) is 26.5 Å². The Balaban J connectivity index is 0.000000201. The van der Waals surface area contributed by atoms with E-state index >= 15 is 0 Å². The van der Waals surface area contributed by atoms with Crippen LogP contribution in [0.15, 0.2) is 97.5 Å². The molecule has 5 heteroatoms. The summed E-state index contributed by atoms with van der Waals surface area (Å²) >= 11 is 0. The van der Waals surface area contributed by atoms with E-state index in [9.17, 15) is 0 Å². The maximum absolute atomic E-state index is 4.73. The third kappa shape index (κ3) is 9.62. The van der Waals surface area contributed by atoms with Gasteiger partial charge in [0.05, 0.1) is 8.07 Å². The molecule has 5 aromatic rings. The fraction of sp³-hybridized carbons (Fsp3) is 0.325. The molecule has 3 heterocycles. The molecule has 0 saturated heterocycles. The number of nitrogens with zero attached hydrogens (tertiary/aromatic N) is 3. The summed E-state index contributed by atoms with van der Waals surface area (Å²) in [6, 6.07) is 30.4. The van der Waals surface area contributed by atoms with Crippen molar-refractivity contribution in [3.05, 3.63) is 121 Å². The molecule has 45 heavy (non-hydrogen) atoms. The Labute approximate surface area is 285 Å². The van der Waals surface area contributed by atoms with Gasteiger partial charge in [0.2, 0.25) is 0 Å². The number of hydrogen-bond acceptors (Lipinski definition) is 3. The van der Waals surface area contributed by atoms with Gasteiger partial charge in [-0.25, -0.2) is 0 Å². The second-order valence-corrected chi connectivity index (χ2v) is 18.4. The quantitative estimate of drug-likeness (QED) is 0.122.